The normalized spacial score (nSPS) is 11.5. The maximum atomic E-state index is 12.2. The summed E-state index contributed by atoms with van der Waals surface area (Å²) in [5.41, 5.74) is 6.66. The van der Waals surface area contributed by atoms with Crippen LogP contribution < -0.4 is 20.3 Å². The highest BCUT2D eigenvalue weighted by atomic mass is 16.5. The van der Waals surface area contributed by atoms with Gasteiger partial charge in [0.05, 0.1) is 6.61 Å². The van der Waals surface area contributed by atoms with Crippen LogP contribution >= 0.6 is 0 Å². The average molecular weight is 438 g/mol. The Hall–Kier alpha value is -3.88. The first-order valence-electron chi connectivity index (χ1n) is 10.3. The van der Waals surface area contributed by atoms with Crippen molar-refractivity contribution in [2.75, 3.05) is 6.61 Å². The number of nitrogens with zero attached hydrogens (tertiary/aromatic N) is 2. The second-order valence-corrected chi connectivity index (χ2v) is 7.07. The van der Waals surface area contributed by atoms with Crippen LogP contribution in [-0.4, -0.2) is 34.7 Å². The minimum atomic E-state index is -0.804. The van der Waals surface area contributed by atoms with Crippen LogP contribution in [0.1, 0.15) is 31.7 Å². The standard InChI is InChI=1S/C23H26N4O5/c1-4-30-18-9-11-19(12-10-18)31-16(3)22(29)26-24-20(28)13-14-21-25-27-23(32-21)17-7-5-15(2)6-8-17/h5-12,16H,4,13-14H2,1-3H3,(H,24,28)(H,26,29). The molecule has 0 bridgehead atoms. The van der Waals surface area contributed by atoms with Gasteiger partial charge in [0.15, 0.2) is 6.10 Å². The zero-order valence-corrected chi connectivity index (χ0v) is 18.3. The largest absolute Gasteiger partial charge is 0.494 e. The molecule has 9 nitrogen and oxygen atoms in total. The summed E-state index contributed by atoms with van der Waals surface area (Å²) in [6.45, 7) is 6.05. The van der Waals surface area contributed by atoms with E-state index in [-0.39, 0.29) is 18.7 Å². The lowest BCUT2D eigenvalue weighted by Gasteiger charge is -2.15. The number of nitrogens with one attached hydrogen (secondary N) is 2. The lowest BCUT2D eigenvalue weighted by atomic mass is 10.1. The SMILES string of the molecule is CCOc1ccc(OC(C)C(=O)NNC(=O)CCc2nnc(-c3ccc(C)cc3)o2)cc1. The molecule has 1 heterocycles. The Balaban J connectivity index is 1.40. The topological polar surface area (TPSA) is 116 Å². The van der Waals surface area contributed by atoms with Crippen molar-refractivity contribution >= 4 is 11.8 Å². The van der Waals surface area contributed by atoms with Gasteiger partial charge in [-0.25, -0.2) is 0 Å². The summed E-state index contributed by atoms with van der Waals surface area (Å²) in [7, 11) is 0. The molecule has 2 amide bonds. The number of aryl methyl sites for hydroxylation is 2. The van der Waals surface area contributed by atoms with Crippen molar-refractivity contribution in [2.24, 2.45) is 0 Å². The van der Waals surface area contributed by atoms with Crippen LogP contribution in [0.4, 0.5) is 0 Å². The second-order valence-electron chi connectivity index (χ2n) is 7.07. The summed E-state index contributed by atoms with van der Waals surface area (Å²) >= 11 is 0. The summed E-state index contributed by atoms with van der Waals surface area (Å²) in [6, 6.07) is 14.6. The van der Waals surface area contributed by atoms with Gasteiger partial charge in [0.1, 0.15) is 11.5 Å². The molecule has 2 N–H and O–H groups in total. The zero-order valence-electron chi connectivity index (χ0n) is 18.3. The fraction of sp³-hybridized carbons (Fsp3) is 0.304. The molecule has 3 rings (SSSR count). The number of benzene rings is 2. The van der Waals surface area contributed by atoms with Crippen LogP contribution in [-0.2, 0) is 16.0 Å². The highest BCUT2D eigenvalue weighted by Gasteiger charge is 2.16. The third-order valence-electron chi connectivity index (χ3n) is 4.47. The highest BCUT2D eigenvalue weighted by Crippen LogP contribution is 2.19. The molecular weight excluding hydrogens is 412 g/mol. The summed E-state index contributed by atoms with van der Waals surface area (Å²) < 4.78 is 16.5. The molecule has 0 fully saturated rings. The molecule has 168 valence electrons. The molecule has 0 aliphatic carbocycles. The summed E-state index contributed by atoms with van der Waals surface area (Å²) in [4.78, 5) is 24.2. The van der Waals surface area contributed by atoms with Crippen molar-refractivity contribution in [1.29, 1.82) is 0 Å². The minimum Gasteiger partial charge on any atom is -0.494 e. The number of rotatable bonds is 9. The third kappa shape index (κ3) is 6.56. The van der Waals surface area contributed by atoms with E-state index in [0.29, 0.717) is 24.1 Å². The third-order valence-corrected chi connectivity index (χ3v) is 4.47. The molecule has 3 aromatic rings. The van der Waals surface area contributed by atoms with E-state index in [1.807, 2.05) is 38.1 Å². The highest BCUT2D eigenvalue weighted by molar-refractivity contribution is 5.84. The predicted molar refractivity (Wildman–Crippen MR) is 117 cm³/mol. The zero-order chi connectivity index (χ0) is 22.9. The van der Waals surface area contributed by atoms with Gasteiger partial charge in [0.25, 0.3) is 5.91 Å². The second kappa shape index (κ2) is 10.9. The van der Waals surface area contributed by atoms with Crippen LogP contribution in [0.2, 0.25) is 0 Å². The van der Waals surface area contributed by atoms with Crippen LogP contribution in [0.3, 0.4) is 0 Å². The van der Waals surface area contributed by atoms with Gasteiger partial charge in [-0.3, -0.25) is 20.4 Å². The molecule has 32 heavy (non-hydrogen) atoms. The van der Waals surface area contributed by atoms with Crippen molar-refractivity contribution in [1.82, 2.24) is 21.0 Å². The predicted octanol–water partition coefficient (Wildman–Crippen LogP) is 2.99. The molecule has 1 atom stereocenters. The van der Waals surface area contributed by atoms with Gasteiger partial charge in [-0.05, 0) is 57.2 Å². The number of hydrazine groups is 1. The van der Waals surface area contributed by atoms with Gasteiger partial charge in [0, 0.05) is 18.4 Å². The van der Waals surface area contributed by atoms with E-state index in [4.69, 9.17) is 13.9 Å². The Kier molecular flexibility index (Phi) is 7.80. The van der Waals surface area contributed by atoms with Crippen LogP contribution in [0.5, 0.6) is 11.5 Å². The lowest BCUT2D eigenvalue weighted by Crippen LogP contribution is -2.47. The number of amides is 2. The molecule has 9 heteroatoms. The Labute approximate surface area is 186 Å². The molecule has 2 aromatic carbocycles. The maximum Gasteiger partial charge on any atom is 0.279 e. The minimum absolute atomic E-state index is 0.0734. The van der Waals surface area contributed by atoms with Crippen molar-refractivity contribution in [2.45, 2.75) is 39.7 Å². The first-order valence-corrected chi connectivity index (χ1v) is 10.3. The van der Waals surface area contributed by atoms with Gasteiger partial charge >= 0.3 is 0 Å². The number of carbonyl (C=O) groups is 2. The van der Waals surface area contributed by atoms with Crippen molar-refractivity contribution in [3.63, 3.8) is 0 Å². The molecule has 0 aliphatic rings. The molecule has 0 spiro atoms. The molecule has 0 aliphatic heterocycles. The van der Waals surface area contributed by atoms with E-state index in [9.17, 15) is 9.59 Å². The smallest absolute Gasteiger partial charge is 0.279 e. The maximum absolute atomic E-state index is 12.2. The molecule has 0 saturated carbocycles. The Morgan fingerprint density at radius 2 is 1.69 bits per heavy atom. The number of aromatic nitrogens is 2. The molecule has 0 radical (unpaired) electrons. The van der Waals surface area contributed by atoms with E-state index in [1.54, 1.807) is 31.2 Å². The quantitative estimate of drug-likeness (QED) is 0.494. The van der Waals surface area contributed by atoms with Crippen molar-refractivity contribution in [3.8, 4) is 23.0 Å². The van der Waals surface area contributed by atoms with Gasteiger partial charge in [-0.15, -0.1) is 10.2 Å². The van der Waals surface area contributed by atoms with E-state index in [2.05, 4.69) is 21.0 Å². The summed E-state index contributed by atoms with van der Waals surface area (Å²) in [6.07, 6.45) is -0.482. The van der Waals surface area contributed by atoms with E-state index >= 15 is 0 Å². The molecular formula is C23H26N4O5. The lowest BCUT2D eigenvalue weighted by molar-refractivity contribution is -0.132. The summed E-state index contributed by atoms with van der Waals surface area (Å²) in [5.74, 6) is 1.11. The molecule has 1 unspecified atom stereocenters. The monoisotopic (exact) mass is 438 g/mol. The van der Waals surface area contributed by atoms with Gasteiger partial charge in [-0.2, -0.15) is 0 Å². The van der Waals surface area contributed by atoms with Gasteiger partial charge in [0.2, 0.25) is 17.7 Å². The fourth-order valence-corrected chi connectivity index (χ4v) is 2.72. The van der Waals surface area contributed by atoms with Crippen LogP contribution in [0, 0.1) is 6.92 Å². The van der Waals surface area contributed by atoms with E-state index in [0.717, 1.165) is 16.9 Å². The van der Waals surface area contributed by atoms with Gasteiger partial charge < -0.3 is 13.9 Å². The van der Waals surface area contributed by atoms with E-state index in [1.165, 1.54) is 0 Å². The summed E-state index contributed by atoms with van der Waals surface area (Å²) in [5, 5.41) is 7.97. The Morgan fingerprint density at radius 1 is 1.00 bits per heavy atom. The Morgan fingerprint density at radius 3 is 2.38 bits per heavy atom. The van der Waals surface area contributed by atoms with Crippen LogP contribution in [0.25, 0.3) is 11.5 Å². The number of ether oxygens (including phenoxy) is 2. The van der Waals surface area contributed by atoms with Crippen LogP contribution in [0.15, 0.2) is 52.9 Å². The first-order chi connectivity index (χ1) is 15.4. The molecule has 0 saturated heterocycles. The average Bonchev–Trinajstić information content (AvgIpc) is 3.27. The Bertz CT molecular complexity index is 1030. The fourth-order valence-electron chi connectivity index (χ4n) is 2.72. The van der Waals surface area contributed by atoms with E-state index < -0.39 is 12.0 Å². The van der Waals surface area contributed by atoms with Gasteiger partial charge in [-0.1, -0.05) is 17.7 Å². The first kappa shape index (κ1) is 22.8. The van der Waals surface area contributed by atoms with Crippen molar-refractivity contribution in [3.05, 3.63) is 60.0 Å². The van der Waals surface area contributed by atoms with Crippen molar-refractivity contribution < 1.29 is 23.5 Å². The number of hydrogen-bond acceptors (Lipinski definition) is 7. The number of hydrogen-bond donors (Lipinski definition) is 2. The molecule has 1 aromatic heterocycles. The number of carbonyl (C=O) groups excluding carboxylic acids is 2.